The summed E-state index contributed by atoms with van der Waals surface area (Å²) in [4.78, 5) is 26.2. The fourth-order valence-electron chi connectivity index (χ4n) is 8.06. The fraction of sp³-hybridized carbons (Fsp3) is 0.821. The molecule has 362 valence electrons. The van der Waals surface area contributed by atoms with E-state index in [1.165, 1.54) is 148 Å². The van der Waals surface area contributed by atoms with Crippen LogP contribution in [0.4, 0.5) is 0 Å². The van der Waals surface area contributed by atoms with Gasteiger partial charge in [0, 0.05) is 6.42 Å². The van der Waals surface area contributed by atoms with Gasteiger partial charge < -0.3 is 20.3 Å². The summed E-state index contributed by atoms with van der Waals surface area (Å²) >= 11 is 0. The summed E-state index contributed by atoms with van der Waals surface area (Å²) in [7, 11) is 0. The highest BCUT2D eigenvalue weighted by Crippen LogP contribution is 2.18. The molecule has 0 spiro atoms. The first-order valence-electron chi connectivity index (χ1n) is 26.9. The fourth-order valence-corrected chi connectivity index (χ4v) is 8.06. The number of carbonyl (C=O) groups excluding carboxylic acids is 2. The molecule has 0 rings (SSSR count). The molecule has 0 aliphatic carbocycles. The van der Waals surface area contributed by atoms with E-state index < -0.39 is 18.2 Å². The third-order valence-electron chi connectivity index (χ3n) is 12.2. The van der Waals surface area contributed by atoms with Crippen LogP contribution >= 0.6 is 0 Å². The van der Waals surface area contributed by atoms with E-state index in [4.69, 9.17) is 4.74 Å². The Bertz CT molecular complexity index is 1070. The molecule has 3 unspecified atom stereocenters. The van der Waals surface area contributed by atoms with Crippen molar-refractivity contribution in [2.45, 2.75) is 289 Å². The van der Waals surface area contributed by atoms with Crippen molar-refractivity contribution in [2.75, 3.05) is 6.61 Å². The third-order valence-corrected chi connectivity index (χ3v) is 12.2. The number of unbranched alkanes of at least 4 members (excludes halogenated alkanes) is 28. The van der Waals surface area contributed by atoms with Crippen LogP contribution in [0.5, 0.6) is 0 Å². The quantitative estimate of drug-likeness (QED) is 0.0322. The molecule has 0 aromatic carbocycles. The van der Waals surface area contributed by atoms with Gasteiger partial charge in [0.1, 0.15) is 6.10 Å². The third kappa shape index (κ3) is 44.4. The minimum atomic E-state index is -0.791. The van der Waals surface area contributed by atoms with E-state index in [2.05, 4.69) is 74.7 Å². The second-order valence-corrected chi connectivity index (χ2v) is 18.3. The molecule has 0 radical (unpaired) electrons. The highest BCUT2D eigenvalue weighted by atomic mass is 16.5. The van der Waals surface area contributed by atoms with Crippen LogP contribution in [0, 0.1) is 0 Å². The Labute approximate surface area is 385 Å². The summed E-state index contributed by atoms with van der Waals surface area (Å²) in [6.07, 6.45) is 60.3. The summed E-state index contributed by atoms with van der Waals surface area (Å²) in [6.45, 7) is 6.45. The zero-order chi connectivity index (χ0) is 45.2. The number of hydrogen-bond donors (Lipinski definition) is 3. The molecule has 6 heteroatoms. The lowest BCUT2D eigenvalue weighted by atomic mass is 10.0. The van der Waals surface area contributed by atoms with Gasteiger partial charge in [-0.05, 0) is 70.6 Å². The Balaban J connectivity index is 4.60. The van der Waals surface area contributed by atoms with Gasteiger partial charge in [-0.3, -0.25) is 9.59 Å². The van der Waals surface area contributed by atoms with Crippen LogP contribution in [0.3, 0.4) is 0 Å². The Morgan fingerprint density at radius 3 is 1.26 bits per heavy atom. The number of ether oxygens (including phenoxy) is 1. The van der Waals surface area contributed by atoms with Gasteiger partial charge in [-0.15, -0.1) is 0 Å². The molecule has 0 saturated heterocycles. The van der Waals surface area contributed by atoms with Crippen molar-refractivity contribution in [2.24, 2.45) is 0 Å². The van der Waals surface area contributed by atoms with Gasteiger partial charge in [-0.25, -0.2) is 0 Å². The predicted octanol–water partition coefficient (Wildman–Crippen LogP) is 16.2. The number of aliphatic hydroxyl groups is 2. The molecule has 0 heterocycles. The lowest BCUT2D eigenvalue weighted by Gasteiger charge is -2.24. The first-order valence-corrected chi connectivity index (χ1v) is 26.9. The second-order valence-electron chi connectivity index (χ2n) is 18.3. The molecule has 0 saturated carbocycles. The number of nitrogens with one attached hydrogen (secondary N) is 1. The van der Waals surface area contributed by atoms with Gasteiger partial charge in [0.25, 0.3) is 0 Å². The van der Waals surface area contributed by atoms with E-state index >= 15 is 0 Å². The summed E-state index contributed by atoms with van der Waals surface area (Å²) in [6, 6.07) is -0.705. The molecule has 0 aromatic rings. The molecule has 62 heavy (non-hydrogen) atoms. The van der Waals surface area contributed by atoms with E-state index in [0.29, 0.717) is 19.3 Å². The highest BCUT2D eigenvalue weighted by Gasteiger charge is 2.24. The molecule has 6 nitrogen and oxygen atoms in total. The smallest absolute Gasteiger partial charge is 0.306 e. The zero-order valence-corrected chi connectivity index (χ0v) is 41.3. The van der Waals surface area contributed by atoms with Gasteiger partial charge in [0.15, 0.2) is 0 Å². The molecular weight excluding hydrogens is 767 g/mol. The monoisotopic (exact) mass is 870 g/mol. The molecule has 0 aromatic heterocycles. The molecule has 0 fully saturated rings. The standard InChI is InChI=1S/C56H103NO5/c1-4-7-10-13-16-19-22-24-26-27-28-29-30-32-34-37-40-43-46-49-56(61)62-52(47-44-41-38-35-33-31-25-23-20-17-14-11-8-5-2)50-55(60)57-53(51-58)54(59)48-45-42-39-36-21-18-15-12-9-6-3/h16,19,24,26,28-29,32,34,52-54,58-59H,4-15,17-18,20-23,25,27,30-31,33,35-51H2,1-3H3,(H,57,60)/b19-16-,26-24-,29-28-,34-32-. The minimum absolute atomic E-state index is 0.0672. The largest absolute Gasteiger partial charge is 0.462 e. The number of hydrogen-bond acceptors (Lipinski definition) is 5. The molecule has 0 aliphatic rings. The number of esters is 1. The maximum absolute atomic E-state index is 13.2. The van der Waals surface area contributed by atoms with Crippen molar-refractivity contribution >= 4 is 11.9 Å². The highest BCUT2D eigenvalue weighted by molar-refractivity contribution is 5.77. The van der Waals surface area contributed by atoms with Gasteiger partial charge in [0.2, 0.25) is 5.91 Å². The Morgan fingerprint density at radius 1 is 0.468 bits per heavy atom. The van der Waals surface area contributed by atoms with Gasteiger partial charge in [0.05, 0.1) is 25.2 Å². The Morgan fingerprint density at radius 2 is 0.823 bits per heavy atom. The number of allylic oxidation sites excluding steroid dienone is 8. The Hall–Kier alpha value is -2.18. The van der Waals surface area contributed by atoms with Crippen molar-refractivity contribution in [3.63, 3.8) is 0 Å². The minimum Gasteiger partial charge on any atom is -0.462 e. The van der Waals surface area contributed by atoms with Crippen molar-refractivity contribution in [1.82, 2.24) is 5.32 Å². The van der Waals surface area contributed by atoms with Gasteiger partial charge in [-0.2, -0.15) is 0 Å². The maximum Gasteiger partial charge on any atom is 0.306 e. The summed E-state index contributed by atoms with van der Waals surface area (Å²) < 4.78 is 5.93. The summed E-state index contributed by atoms with van der Waals surface area (Å²) in [5.74, 6) is -0.501. The average Bonchev–Trinajstić information content (AvgIpc) is 3.26. The summed E-state index contributed by atoms with van der Waals surface area (Å²) in [5.41, 5.74) is 0. The van der Waals surface area contributed by atoms with Gasteiger partial charge in [-0.1, -0.05) is 236 Å². The van der Waals surface area contributed by atoms with Crippen LogP contribution in [0.25, 0.3) is 0 Å². The molecule has 3 N–H and O–H groups in total. The maximum atomic E-state index is 13.2. The van der Waals surface area contributed by atoms with Crippen LogP contribution in [-0.2, 0) is 14.3 Å². The van der Waals surface area contributed by atoms with Crippen molar-refractivity contribution in [3.8, 4) is 0 Å². The summed E-state index contributed by atoms with van der Waals surface area (Å²) in [5, 5.41) is 23.7. The Kier molecular flexibility index (Phi) is 48.1. The van der Waals surface area contributed by atoms with E-state index in [9.17, 15) is 19.8 Å². The van der Waals surface area contributed by atoms with E-state index in [0.717, 1.165) is 77.0 Å². The second kappa shape index (κ2) is 49.8. The van der Waals surface area contributed by atoms with Gasteiger partial charge >= 0.3 is 5.97 Å². The van der Waals surface area contributed by atoms with Crippen LogP contribution < -0.4 is 5.32 Å². The normalized spacial score (nSPS) is 13.6. The number of rotatable bonds is 48. The SMILES string of the molecule is CCCCC/C=C\C/C=C\C/C=C\C/C=C\CCCCCC(=O)OC(CCCCCCCCCCCCCCCC)CC(=O)NC(CO)C(O)CCCCCCCCCCCC. The lowest BCUT2D eigenvalue weighted by Crippen LogP contribution is -2.46. The first kappa shape index (κ1) is 59.8. The molecule has 1 amide bonds. The average molecular weight is 870 g/mol. The zero-order valence-electron chi connectivity index (χ0n) is 41.3. The van der Waals surface area contributed by atoms with Crippen molar-refractivity contribution < 1.29 is 24.5 Å². The van der Waals surface area contributed by atoms with Crippen LogP contribution in [0.1, 0.15) is 271 Å². The molecule has 0 aliphatic heterocycles. The number of amides is 1. The first-order chi connectivity index (χ1) is 30.5. The van der Waals surface area contributed by atoms with Crippen LogP contribution in [0.2, 0.25) is 0 Å². The topological polar surface area (TPSA) is 95.9 Å². The molecular formula is C56H103NO5. The van der Waals surface area contributed by atoms with E-state index in [1.807, 2.05) is 0 Å². The van der Waals surface area contributed by atoms with Crippen LogP contribution in [-0.4, -0.2) is 46.9 Å². The lowest BCUT2D eigenvalue weighted by molar-refractivity contribution is -0.151. The van der Waals surface area contributed by atoms with Crippen molar-refractivity contribution in [1.29, 1.82) is 0 Å². The van der Waals surface area contributed by atoms with E-state index in [1.54, 1.807) is 0 Å². The van der Waals surface area contributed by atoms with Crippen LogP contribution in [0.15, 0.2) is 48.6 Å². The molecule has 3 atom stereocenters. The molecule has 0 bridgehead atoms. The predicted molar refractivity (Wildman–Crippen MR) is 269 cm³/mol. The van der Waals surface area contributed by atoms with Crippen molar-refractivity contribution in [3.05, 3.63) is 48.6 Å². The van der Waals surface area contributed by atoms with E-state index in [-0.39, 0.29) is 24.9 Å². The number of carbonyl (C=O) groups is 2. The number of aliphatic hydroxyl groups excluding tert-OH is 2.